The van der Waals surface area contributed by atoms with Gasteiger partial charge in [-0.2, -0.15) is 5.26 Å². The fourth-order valence-electron chi connectivity index (χ4n) is 1.62. The Morgan fingerprint density at radius 2 is 2.29 bits per heavy atom. The molecular weight excluding hydrogens is 180 g/mol. The predicted octanol–water partition coefficient (Wildman–Crippen LogP) is 0.664. The summed E-state index contributed by atoms with van der Waals surface area (Å²) in [6.07, 6.45) is 3.82. The van der Waals surface area contributed by atoms with E-state index in [4.69, 9.17) is 10.4 Å². The number of nitriles is 1. The van der Waals surface area contributed by atoms with Crippen molar-refractivity contribution in [3.63, 3.8) is 0 Å². The summed E-state index contributed by atoms with van der Waals surface area (Å²) < 4.78 is 0. The fourth-order valence-corrected chi connectivity index (χ4v) is 1.62. The lowest BCUT2D eigenvalue weighted by atomic mass is 9.91. The molecule has 0 aliphatic heterocycles. The highest BCUT2D eigenvalue weighted by Crippen LogP contribution is 2.25. The summed E-state index contributed by atoms with van der Waals surface area (Å²) in [4.78, 5) is 13.3. The van der Waals surface area contributed by atoms with E-state index in [2.05, 4.69) is 0 Å². The summed E-state index contributed by atoms with van der Waals surface area (Å²) in [6, 6.07) is 2.20. The van der Waals surface area contributed by atoms with Crippen LogP contribution in [0, 0.1) is 11.3 Å². The number of nitrogens with zero attached hydrogens (tertiary/aromatic N) is 2. The predicted molar refractivity (Wildman–Crippen MR) is 51.3 cm³/mol. The number of aliphatic hydroxyl groups is 1. The third-order valence-corrected chi connectivity index (χ3v) is 2.62. The molecule has 78 valence electrons. The number of rotatable bonds is 5. The number of aliphatic hydroxyl groups excluding tert-OH is 1. The minimum Gasteiger partial charge on any atom is -0.396 e. The molecule has 0 heterocycles. The van der Waals surface area contributed by atoms with Crippen LogP contribution in [-0.4, -0.2) is 35.1 Å². The number of carbonyl (C=O) groups is 1. The van der Waals surface area contributed by atoms with Crippen molar-refractivity contribution in [1.29, 1.82) is 5.26 Å². The molecule has 1 N–H and O–H groups in total. The summed E-state index contributed by atoms with van der Waals surface area (Å²) in [5.41, 5.74) is 0. The first-order chi connectivity index (χ1) is 6.79. The Morgan fingerprint density at radius 3 is 2.71 bits per heavy atom. The van der Waals surface area contributed by atoms with Crippen LogP contribution in [-0.2, 0) is 4.79 Å². The quantitative estimate of drug-likeness (QED) is 0.702. The molecule has 1 fully saturated rings. The van der Waals surface area contributed by atoms with Crippen LogP contribution < -0.4 is 0 Å². The van der Waals surface area contributed by atoms with Crippen molar-refractivity contribution in [2.45, 2.75) is 38.1 Å². The number of carbonyl (C=O) groups excluding carboxylic acids is 1. The van der Waals surface area contributed by atoms with Crippen LogP contribution in [0.25, 0.3) is 0 Å². The maximum absolute atomic E-state index is 11.5. The second kappa shape index (κ2) is 5.61. The van der Waals surface area contributed by atoms with Gasteiger partial charge in [0.05, 0.1) is 6.07 Å². The van der Waals surface area contributed by atoms with E-state index in [0.29, 0.717) is 19.0 Å². The van der Waals surface area contributed by atoms with Crippen LogP contribution in [0.2, 0.25) is 0 Å². The summed E-state index contributed by atoms with van der Waals surface area (Å²) in [7, 11) is 0. The van der Waals surface area contributed by atoms with Crippen molar-refractivity contribution in [1.82, 2.24) is 4.90 Å². The van der Waals surface area contributed by atoms with E-state index >= 15 is 0 Å². The monoisotopic (exact) mass is 196 g/mol. The molecule has 0 spiro atoms. The van der Waals surface area contributed by atoms with Crippen molar-refractivity contribution in [2.24, 2.45) is 0 Å². The maximum Gasteiger partial charge on any atom is 0.237 e. The standard InChI is InChI=1S/C10H16N2O2/c11-6-5-10(14)12(7-2-8-13)9-3-1-4-9/h9,13H,1-5,7-8H2. The van der Waals surface area contributed by atoms with E-state index in [0.717, 1.165) is 12.8 Å². The van der Waals surface area contributed by atoms with Gasteiger partial charge in [-0.05, 0) is 25.7 Å². The molecule has 1 rings (SSSR count). The van der Waals surface area contributed by atoms with Gasteiger partial charge in [-0.25, -0.2) is 0 Å². The minimum absolute atomic E-state index is 0.0398. The first-order valence-electron chi connectivity index (χ1n) is 5.07. The largest absolute Gasteiger partial charge is 0.396 e. The molecule has 0 bridgehead atoms. The Hall–Kier alpha value is -1.08. The first kappa shape index (κ1) is 11.0. The van der Waals surface area contributed by atoms with Crippen LogP contribution in [0.5, 0.6) is 0 Å². The molecule has 0 aromatic rings. The summed E-state index contributed by atoms with van der Waals surface area (Å²) in [5.74, 6) is -0.0920. The summed E-state index contributed by atoms with van der Waals surface area (Å²) >= 11 is 0. The third-order valence-electron chi connectivity index (χ3n) is 2.62. The summed E-state index contributed by atoms with van der Waals surface area (Å²) in [6.45, 7) is 0.685. The molecule has 0 aromatic heterocycles. The molecule has 1 aliphatic carbocycles. The molecule has 4 heteroatoms. The van der Waals surface area contributed by atoms with Crippen molar-refractivity contribution >= 4 is 5.91 Å². The second-order valence-electron chi connectivity index (χ2n) is 3.58. The van der Waals surface area contributed by atoms with E-state index in [9.17, 15) is 4.79 Å². The molecular formula is C10H16N2O2. The van der Waals surface area contributed by atoms with Crippen LogP contribution in [0.1, 0.15) is 32.1 Å². The van der Waals surface area contributed by atoms with E-state index in [-0.39, 0.29) is 18.9 Å². The SMILES string of the molecule is N#CCC(=O)N(CCCO)C1CCC1. The average molecular weight is 196 g/mol. The molecule has 1 amide bonds. The van der Waals surface area contributed by atoms with Gasteiger partial charge in [-0.15, -0.1) is 0 Å². The van der Waals surface area contributed by atoms with Gasteiger partial charge in [0.2, 0.25) is 5.91 Å². The van der Waals surface area contributed by atoms with E-state index in [1.807, 2.05) is 6.07 Å². The van der Waals surface area contributed by atoms with Crippen molar-refractivity contribution < 1.29 is 9.90 Å². The maximum atomic E-state index is 11.5. The van der Waals surface area contributed by atoms with Crippen LogP contribution >= 0.6 is 0 Å². The Labute approximate surface area is 84.1 Å². The van der Waals surface area contributed by atoms with E-state index < -0.39 is 0 Å². The van der Waals surface area contributed by atoms with Gasteiger partial charge >= 0.3 is 0 Å². The van der Waals surface area contributed by atoms with Crippen LogP contribution in [0.3, 0.4) is 0 Å². The zero-order valence-corrected chi connectivity index (χ0v) is 8.28. The van der Waals surface area contributed by atoms with Gasteiger partial charge in [0.25, 0.3) is 0 Å². The van der Waals surface area contributed by atoms with Crippen molar-refractivity contribution in [3.8, 4) is 6.07 Å². The van der Waals surface area contributed by atoms with Gasteiger partial charge < -0.3 is 10.0 Å². The summed E-state index contributed by atoms with van der Waals surface area (Å²) in [5, 5.41) is 17.1. The fraction of sp³-hybridized carbons (Fsp3) is 0.800. The second-order valence-corrected chi connectivity index (χ2v) is 3.58. The highest BCUT2D eigenvalue weighted by molar-refractivity contribution is 5.78. The molecule has 0 atom stereocenters. The van der Waals surface area contributed by atoms with Crippen molar-refractivity contribution in [2.75, 3.05) is 13.2 Å². The van der Waals surface area contributed by atoms with E-state index in [1.165, 1.54) is 6.42 Å². The van der Waals surface area contributed by atoms with Gasteiger partial charge in [0, 0.05) is 19.2 Å². The molecule has 0 saturated heterocycles. The molecule has 0 aromatic carbocycles. The zero-order chi connectivity index (χ0) is 10.4. The Balaban J connectivity index is 2.43. The molecule has 4 nitrogen and oxygen atoms in total. The number of amides is 1. The highest BCUT2D eigenvalue weighted by atomic mass is 16.3. The van der Waals surface area contributed by atoms with Crippen molar-refractivity contribution in [3.05, 3.63) is 0 Å². The average Bonchev–Trinajstić information content (AvgIpc) is 2.09. The van der Waals surface area contributed by atoms with Crippen LogP contribution in [0.4, 0.5) is 0 Å². The Kier molecular flexibility index (Phi) is 4.41. The lowest BCUT2D eigenvalue weighted by Gasteiger charge is -2.37. The number of hydrogen-bond donors (Lipinski definition) is 1. The minimum atomic E-state index is -0.0920. The Morgan fingerprint density at radius 1 is 1.57 bits per heavy atom. The normalized spacial score (nSPS) is 15.7. The molecule has 14 heavy (non-hydrogen) atoms. The van der Waals surface area contributed by atoms with Gasteiger partial charge in [-0.3, -0.25) is 4.79 Å². The molecule has 0 radical (unpaired) electrons. The van der Waals surface area contributed by atoms with E-state index in [1.54, 1.807) is 4.90 Å². The van der Waals surface area contributed by atoms with Gasteiger partial charge in [0.1, 0.15) is 6.42 Å². The van der Waals surface area contributed by atoms with Gasteiger partial charge in [-0.1, -0.05) is 0 Å². The highest BCUT2D eigenvalue weighted by Gasteiger charge is 2.27. The number of hydrogen-bond acceptors (Lipinski definition) is 3. The molecule has 0 unspecified atom stereocenters. The molecule has 1 saturated carbocycles. The Bertz CT molecular complexity index is 231. The molecule has 1 aliphatic rings. The topological polar surface area (TPSA) is 64.3 Å². The smallest absolute Gasteiger partial charge is 0.237 e. The first-order valence-corrected chi connectivity index (χ1v) is 5.07. The lowest BCUT2D eigenvalue weighted by Crippen LogP contribution is -2.44. The lowest BCUT2D eigenvalue weighted by molar-refractivity contribution is -0.134. The third kappa shape index (κ3) is 2.71. The van der Waals surface area contributed by atoms with Crippen LogP contribution in [0.15, 0.2) is 0 Å². The van der Waals surface area contributed by atoms with Gasteiger partial charge in [0.15, 0.2) is 0 Å². The zero-order valence-electron chi connectivity index (χ0n) is 8.28.